The summed E-state index contributed by atoms with van der Waals surface area (Å²) in [5, 5.41) is 10.3. The van der Waals surface area contributed by atoms with Crippen LogP contribution in [-0.2, 0) is 24.0 Å². The van der Waals surface area contributed by atoms with E-state index >= 15 is 0 Å². The third-order valence-corrected chi connectivity index (χ3v) is 4.05. The second-order valence-corrected chi connectivity index (χ2v) is 6.00. The zero-order valence-electron chi connectivity index (χ0n) is 14.6. The van der Waals surface area contributed by atoms with Crippen molar-refractivity contribution in [3.63, 3.8) is 0 Å². The van der Waals surface area contributed by atoms with Crippen LogP contribution in [0.15, 0.2) is 36.7 Å². The van der Waals surface area contributed by atoms with Gasteiger partial charge in [0, 0.05) is 33.0 Å². The maximum Gasteiger partial charge on any atom is 0.425 e. The fraction of sp³-hybridized carbons (Fsp3) is 0.412. The minimum Gasteiger partial charge on any atom is -0.497 e. The van der Waals surface area contributed by atoms with Crippen molar-refractivity contribution in [2.45, 2.75) is 24.7 Å². The van der Waals surface area contributed by atoms with Crippen LogP contribution < -0.4 is 4.74 Å². The topological polar surface area (TPSA) is 67.6 Å². The molecule has 142 valence electrons. The van der Waals surface area contributed by atoms with Crippen LogP contribution in [0, 0.1) is 0 Å². The number of alkyl halides is 3. The van der Waals surface area contributed by atoms with Crippen molar-refractivity contribution < 1.29 is 27.8 Å². The number of carbonyl (C=O) groups is 1. The summed E-state index contributed by atoms with van der Waals surface area (Å²) in [6.45, 7) is 0.0739. The molecule has 0 aliphatic heterocycles. The van der Waals surface area contributed by atoms with Gasteiger partial charge in [0.15, 0.2) is 5.82 Å². The average Bonchev–Trinajstić information content (AvgIpc) is 3.00. The molecule has 0 fully saturated rings. The highest BCUT2D eigenvalue weighted by atomic mass is 19.4. The molecule has 1 amide bonds. The molecular formula is C17H20F3N3O3. The van der Waals surface area contributed by atoms with Crippen LogP contribution in [0.1, 0.15) is 17.8 Å². The Hall–Kier alpha value is -2.55. The molecule has 9 heteroatoms. The predicted octanol–water partition coefficient (Wildman–Crippen LogP) is 2.23. The lowest BCUT2D eigenvalue weighted by molar-refractivity contribution is -0.271. The van der Waals surface area contributed by atoms with Gasteiger partial charge in [0.2, 0.25) is 11.5 Å². The summed E-state index contributed by atoms with van der Waals surface area (Å²) in [5.74, 6) is -0.924. The number of aromatic nitrogens is 2. The lowest BCUT2D eigenvalue weighted by Gasteiger charge is -2.31. The van der Waals surface area contributed by atoms with Crippen LogP contribution in [0.2, 0.25) is 0 Å². The Bertz CT molecular complexity index is 776. The van der Waals surface area contributed by atoms with E-state index in [9.17, 15) is 23.1 Å². The molecule has 0 bridgehead atoms. The number of ether oxygens (including phenoxy) is 1. The molecule has 2 aromatic rings. The van der Waals surface area contributed by atoms with Gasteiger partial charge < -0.3 is 19.3 Å². The lowest BCUT2D eigenvalue weighted by atomic mass is 9.96. The molecule has 26 heavy (non-hydrogen) atoms. The normalized spacial score (nSPS) is 14.0. The number of benzene rings is 1. The first kappa shape index (κ1) is 19.8. The summed E-state index contributed by atoms with van der Waals surface area (Å²) in [4.78, 5) is 17.1. The summed E-state index contributed by atoms with van der Waals surface area (Å²) >= 11 is 0. The maximum atomic E-state index is 13.5. The number of amides is 1. The van der Waals surface area contributed by atoms with Crippen LogP contribution in [0.5, 0.6) is 5.75 Å². The Morgan fingerprint density at radius 1 is 1.38 bits per heavy atom. The maximum absolute atomic E-state index is 13.5. The largest absolute Gasteiger partial charge is 0.497 e. The molecule has 1 N–H and O–H groups in total. The molecule has 1 atom stereocenters. The Morgan fingerprint density at radius 3 is 2.62 bits per heavy atom. The predicted molar refractivity (Wildman–Crippen MR) is 87.2 cm³/mol. The van der Waals surface area contributed by atoms with Crippen LogP contribution in [0.4, 0.5) is 13.2 Å². The van der Waals surface area contributed by atoms with E-state index < -0.39 is 29.9 Å². The third kappa shape index (κ3) is 3.98. The van der Waals surface area contributed by atoms with Crippen LogP contribution in [0.3, 0.4) is 0 Å². The smallest absolute Gasteiger partial charge is 0.425 e. The molecule has 0 radical (unpaired) electrons. The van der Waals surface area contributed by atoms with Gasteiger partial charge in [-0.15, -0.1) is 0 Å². The van der Waals surface area contributed by atoms with Crippen molar-refractivity contribution in [3.05, 3.63) is 48.0 Å². The molecule has 0 unspecified atom stereocenters. The molecule has 0 saturated carbocycles. The number of hydrogen-bond donors (Lipinski definition) is 1. The number of halogens is 3. The lowest BCUT2D eigenvalue weighted by Crippen LogP contribution is -2.48. The van der Waals surface area contributed by atoms with E-state index in [-0.39, 0.29) is 6.54 Å². The first-order valence-electron chi connectivity index (χ1n) is 7.72. The molecule has 6 nitrogen and oxygen atoms in total. The Labute approximate surface area is 148 Å². The Balaban J connectivity index is 2.20. The summed E-state index contributed by atoms with van der Waals surface area (Å²) in [7, 11) is 4.19. The molecule has 1 aromatic carbocycles. The molecule has 1 heterocycles. The quantitative estimate of drug-likeness (QED) is 0.846. The van der Waals surface area contributed by atoms with E-state index in [0.717, 1.165) is 15.7 Å². The number of hydrogen-bond acceptors (Lipinski definition) is 4. The molecule has 1 aromatic heterocycles. The number of imidazole rings is 1. The second-order valence-electron chi connectivity index (χ2n) is 6.00. The summed E-state index contributed by atoms with van der Waals surface area (Å²) in [6.07, 6.45) is -3.81. The van der Waals surface area contributed by atoms with E-state index in [2.05, 4.69) is 4.98 Å². The van der Waals surface area contributed by atoms with E-state index in [1.54, 1.807) is 24.3 Å². The van der Waals surface area contributed by atoms with Gasteiger partial charge >= 0.3 is 6.18 Å². The van der Waals surface area contributed by atoms with Crippen molar-refractivity contribution in [1.29, 1.82) is 0 Å². The third-order valence-electron chi connectivity index (χ3n) is 4.05. The van der Waals surface area contributed by atoms with Crippen LogP contribution in [-0.4, -0.2) is 45.8 Å². The van der Waals surface area contributed by atoms with Gasteiger partial charge in [0.25, 0.3) is 0 Å². The monoisotopic (exact) mass is 371 g/mol. The number of aryl methyl sites for hydroxylation is 1. The summed E-state index contributed by atoms with van der Waals surface area (Å²) in [6, 6.07) is 6.83. The van der Waals surface area contributed by atoms with E-state index in [1.165, 1.54) is 27.4 Å². The average molecular weight is 371 g/mol. The molecule has 0 aliphatic carbocycles. The number of nitrogens with zero attached hydrogens (tertiary/aromatic N) is 3. The van der Waals surface area contributed by atoms with Crippen LogP contribution in [0.25, 0.3) is 0 Å². The van der Waals surface area contributed by atoms with Crippen molar-refractivity contribution in [1.82, 2.24) is 14.5 Å². The van der Waals surface area contributed by atoms with Gasteiger partial charge in [-0.1, -0.05) is 12.1 Å². The van der Waals surface area contributed by atoms with Crippen molar-refractivity contribution in [2.24, 2.45) is 7.05 Å². The van der Waals surface area contributed by atoms with Gasteiger partial charge in [-0.05, 0) is 17.7 Å². The van der Waals surface area contributed by atoms with Crippen molar-refractivity contribution in [2.75, 3.05) is 14.2 Å². The van der Waals surface area contributed by atoms with Gasteiger partial charge in [-0.3, -0.25) is 4.79 Å². The zero-order valence-corrected chi connectivity index (χ0v) is 14.6. The fourth-order valence-electron chi connectivity index (χ4n) is 2.56. The van der Waals surface area contributed by atoms with Gasteiger partial charge in [0.05, 0.1) is 13.5 Å². The van der Waals surface area contributed by atoms with E-state index in [0.29, 0.717) is 11.3 Å². The molecule has 0 saturated heterocycles. The zero-order chi connectivity index (χ0) is 19.5. The number of rotatable bonds is 6. The summed E-state index contributed by atoms with van der Waals surface area (Å²) < 4.78 is 46.6. The minimum absolute atomic E-state index is 0.0739. The minimum atomic E-state index is -5.06. The number of aliphatic hydroxyl groups is 1. The standard InChI is InChI=1S/C17H20F3N3O3/c1-22-8-7-21-15(22)16(25,17(18,19)20)10-14(24)23(2)11-12-5-4-6-13(9-12)26-3/h4-9,25H,10-11H2,1-3H3/t16-/m1/s1. The van der Waals surface area contributed by atoms with E-state index in [4.69, 9.17) is 4.74 Å². The molecule has 0 aliphatic rings. The molecular weight excluding hydrogens is 351 g/mol. The highest BCUT2D eigenvalue weighted by Gasteiger charge is 2.58. The number of methoxy groups -OCH3 is 1. The first-order valence-corrected chi connectivity index (χ1v) is 7.72. The van der Waals surface area contributed by atoms with Gasteiger partial charge in [-0.2, -0.15) is 13.2 Å². The SMILES string of the molecule is COc1cccc(CN(C)C(=O)C[C@@](O)(c2nccn2C)C(F)(F)F)c1. The second kappa shape index (κ2) is 7.36. The van der Waals surface area contributed by atoms with E-state index in [1.807, 2.05) is 0 Å². The highest BCUT2D eigenvalue weighted by Crippen LogP contribution is 2.41. The Morgan fingerprint density at radius 2 is 2.08 bits per heavy atom. The van der Waals surface area contributed by atoms with Crippen molar-refractivity contribution >= 4 is 5.91 Å². The van der Waals surface area contributed by atoms with Crippen molar-refractivity contribution in [3.8, 4) is 5.75 Å². The van der Waals surface area contributed by atoms with Crippen LogP contribution >= 0.6 is 0 Å². The van der Waals surface area contributed by atoms with Gasteiger partial charge in [-0.25, -0.2) is 4.98 Å². The highest BCUT2D eigenvalue weighted by molar-refractivity contribution is 5.77. The Kier molecular flexibility index (Phi) is 5.60. The van der Waals surface area contributed by atoms with Gasteiger partial charge in [0.1, 0.15) is 5.75 Å². The fourth-order valence-corrected chi connectivity index (χ4v) is 2.56. The number of carbonyl (C=O) groups excluding carboxylic acids is 1. The first-order chi connectivity index (χ1) is 12.1. The summed E-state index contributed by atoms with van der Waals surface area (Å²) in [5.41, 5.74) is -2.68. The molecule has 0 spiro atoms. The molecule has 2 rings (SSSR count).